The quantitative estimate of drug-likeness (QED) is 0.745. The van der Waals surface area contributed by atoms with Gasteiger partial charge in [0.05, 0.1) is 6.54 Å². The molecular weight excluding hydrogens is 358 g/mol. The molecule has 23 heavy (non-hydrogen) atoms. The summed E-state index contributed by atoms with van der Waals surface area (Å²) in [6.07, 6.45) is -0.640. The second-order valence-corrected chi connectivity index (χ2v) is 5.14. The molecule has 0 fully saturated rings. The number of halogens is 1. The lowest BCUT2D eigenvalue weighted by Crippen LogP contribution is -3.00. The fourth-order valence-corrected chi connectivity index (χ4v) is 2.36. The second kappa shape index (κ2) is 7.28. The SMILES string of the molecule is CC(Oc1ccccc1)C(=O)NN1Cc2ccccc2C1=N.[Br-]. The van der Waals surface area contributed by atoms with E-state index in [2.05, 4.69) is 5.43 Å². The monoisotopic (exact) mass is 374 g/mol. The van der Waals surface area contributed by atoms with Crippen LogP contribution in [-0.2, 0) is 11.3 Å². The smallest absolute Gasteiger partial charge is 0.279 e. The van der Waals surface area contributed by atoms with E-state index < -0.39 is 6.10 Å². The number of rotatable bonds is 4. The highest BCUT2D eigenvalue weighted by Crippen LogP contribution is 2.20. The fraction of sp³-hybridized carbons (Fsp3) is 0.176. The van der Waals surface area contributed by atoms with Crippen molar-refractivity contribution in [2.45, 2.75) is 19.6 Å². The zero-order chi connectivity index (χ0) is 15.5. The van der Waals surface area contributed by atoms with Crippen LogP contribution in [0.25, 0.3) is 0 Å². The van der Waals surface area contributed by atoms with E-state index in [4.69, 9.17) is 10.1 Å². The Labute approximate surface area is 145 Å². The number of nitrogens with one attached hydrogen (secondary N) is 2. The first-order valence-corrected chi connectivity index (χ1v) is 7.12. The Kier molecular flexibility index (Phi) is 5.39. The van der Waals surface area contributed by atoms with Crippen LogP contribution in [0.2, 0.25) is 0 Å². The first-order valence-electron chi connectivity index (χ1n) is 7.12. The average Bonchev–Trinajstić information content (AvgIpc) is 2.85. The van der Waals surface area contributed by atoms with Crippen molar-refractivity contribution in [2.75, 3.05) is 0 Å². The molecule has 3 rings (SSSR count). The van der Waals surface area contributed by atoms with Crippen LogP contribution in [0.3, 0.4) is 0 Å². The van der Waals surface area contributed by atoms with Crippen LogP contribution in [0, 0.1) is 5.41 Å². The zero-order valence-corrected chi connectivity index (χ0v) is 14.2. The van der Waals surface area contributed by atoms with E-state index in [1.807, 2.05) is 42.5 Å². The molecule has 2 aromatic carbocycles. The van der Waals surface area contributed by atoms with Gasteiger partial charge in [-0.3, -0.25) is 20.6 Å². The van der Waals surface area contributed by atoms with Crippen LogP contribution < -0.4 is 27.1 Å². The van der Waals surface area contributed by atoms with E-state index in [9.17, 15) is 4.79 Å². The number of benzene rings is 2. The topological polar surface area (TPSA) is 65.4 Å². The number of carbonyl (C=O) groups is 1. The van der Waals surface area contributed by atoms with Gasteiger partial charge in [-0.25, -0.2) is 0 Å². The van der Waals surface area contributed by atoms with Crippen LogP contribution in [0.5, 0.6) is 5.75 Å². The lowest BCUT2D eigenvalue weighted by molar-refractivity contribution is -0.130. The van der Waals surface area contributed by atoms with E-state index in [1.54, 1.807) is 19.1 Å². The van der Waals surface area contributed by atoms with Gasteiger partial charge >= 0.3 is 0 Å². The molecule has 120 valence electrons. The van der Waals surface area contributed by atoms with Gasteiger partial charge in [0.25, 0.3) is 5.91 Å². The van der Waals surface area contributed by atoms with Gasteiger partial charge in [0, 0.05) is 5.56 Å². The molecule has 0 saturated carbocycles. The summed E-state index contributed by atoms with van der Waals surface area (Å²) in [6.45, 7) is 2.19. The van der Waals surface area contributed by atoms with Gasteiger partial charge in [0.15, 0.2) is 6.10 Å². The molecule has 1 aliphatic heterocycles. The highest BCUT2D eigenvalue weighted by Gasteiger charge is 2.26. The number of hydrogen-bond donors (Lipinski definition) is 2. The molecule has 1 atom stereocenters. The first kappa shape index (κ1) is 17.0. The minimum atomic E-state index is -0.640. The van der Waals surface area contributed by atoms with Crippen LogP contribution >= 0.6 is 0 Å². The average molecular weight is 375 g/mol. The first-order chi connectivity index (χ1) is 10.6. The number of ether oxygens (including phenoxy) is 1. The molecule has 0 saturated heterocycles. The molecule has 1 amide bonds. The van der Waals surface area contributed by atoms with Gasteiger partial charge in [0.1, 0.15) is 11.6 Å². The number of nitrogens with zero attached hydrogens (tertiary/aromatic N) is 1. The summed E-state index contributed by atoms with van der Waals surface area (Å²) >= 11 is 0. The summed E-state index contributed by atoms with van der Waals surface area (Å²) in [6, 6.07) is 16.9. The molecule has 1 unspecified atom stereocenters. The summed E-state index contributed by atoms with van der Waals surface area (Å²) in [5, 5.41) is 9.65. The normalized spacial score (nSPS) is 13.8. The van der Waals surface area contributed by atoms with Crippen molar-refractivity contribution in [1.29, 1.82) is 5.41 Å². The fourth-order valence-electron chi connectivity index (χ4n) is 2.36. The minimum Gasteiger partial charge on any atom is -1.00 e. The second-order valence-electron chi connectivity index (χ2n) is 5.14. The van der Waals surface area contributed by atoms with Crippen LogP contribution in [-0.4, -0.2) is 22.9 Å². The predicted molar refractivity (Wildman–Crippen MR) is 83.5 cm³/mol. The van der Waals surface area contributed by atoms with Crippen molar-refractivity contribution in [3.63, 3.8) is 0 Å². The van der Waals surface area contributed by atoms with Gasteiger partial charge in [0.2, 0.25) is 0 Å². The molecule has 0 radical (unpaired) electrons. The van der Waals surface area contributed by atoms with Crippen molar-refractivity contribution in [3.8, 4) is 5.75 Å². The van der Waals surface area contributed by atoms with Gasteiger partial charge in [-0.05, 0) is 24.6 Å². The molecule has 2 aromatic rings. The van der Waals surface area contributed by atoms with Crippen LogP contribution in [0.4, 0.5) is 0 Å². The number of hydrogen-bond acceptors (Lipinski definition) is 3. The largest absolute Gasteiger partial charge is 1.00 e. The Morgan fingerprint density at radius 3 is 2.52 bits per heavy atom. The standard InChI is InChI=1S/C17H17N3O2.BrH/c1-12(22-14-8-3-2-4-9-14)17(21)19-20-11-13-7-5-6-10-15(13)16(20)18;/h2-10,12,18H,11H2,1H3,(H,19,21);1H/p-1. The molecule has 6 heteroatoms. The third-order valence-corrected chi connectivity index (χ3v) is 3.54. The van der Waals surface area contributed by atoms with Crippen molar-refractivity contribution >= 4 is 11.7 Å². The molecule has 5 nitrogen and oxygen atoms in total. The number of amidine groups is 1. The van der Waals surface area contributed by atoms with Crippen molar-refractivity contribution in [1.82, 2.24) is 10.4 Å². The van der Waals surface area contributed by atoms with E-state index in [0.717, 1.165) is 11.1 Å². The molecule has 0 aliphatic carbocycles. The number of hydrazine groups is 1. The van der Waals surface area contributed by atoms with E-state index in [-0.39, 0.29) is 22.9 Å². The Morgan fingerprint density at radius 2 is 1.83 bits per heavy atom. The third-order valence-electron chi connectivity index (χ3n) is 3.54. The lowest BCUT2D eigenvalue weighted by atomic mass is 10.1. The molecule has 1 heterocycles. The van der Waals surface area contributed by atoms with E-state index in [1.165, 1.54) is 5.01 Å². The van der Waals surface area contributed by atoms with Crippen molar-refractivity contribution in [2.24, 2.45) is 0 Å². The van der Waals surface area contributed by atoms with Crippen molar-refractivity contribution < 1.29 is 26.5 Å². The molecule has 0 spiro atoms. The zero-order valence-electron chi connectivity index (χ0n) is 12.6. The summed E-state index contributed by atoms with van der Waals surface area (Å²) in [4.78, 5) is 12.2. The van der Waals surface area contributed by atoms with Gasteiger partial charge in [-0.1, -0.05) is 42.5 Å². The molecule has 0 aromatic heterocycles. The van der Waals surface area contributed by atoms with Crippen molar-refractivity contribution in [3.05, 3.63) is 65.7 Å². The maximum Gasteiger partial charge on any atom is 0.279 e. The van der Waals surface area contributed by atoms with E-state index >= 15 is 0 Å². The van der Waals surface area contributed by atoms with Crippen LogP contribution in [0.1, 0.15) is 18.1 Å². The summed E-state index contributed by atoms with van der Waals surface area (Å²) in [5.41, 5.74) is 4.62. The predicted octanol–water partition coefficient (Wildman–Crippen LogP) is -0.670. The highest BCUT2D eigenvalue weighted by atomic mass is 79.9. The van der Waals surface area contributed by atoms with Gasteiger partial charge in [-0.2, -0.15) is 0 Å². The summed E-state index contributed by atoms with van der Waals surface area (Å²) in [7, 11) is 0. The third kappa shape index (κ3) is 3.71. The maximum atomic E-state index is 12.2. The summed E-state index contributed by atoms with van der Waals surface area (Å²) in [5.74, 6) is 0.669. The number of fused-ring (bicyclic) bond motifs is 1. The van der Waals surface area contributed by atoms with E-state index in [0.29, 0.717) is 18.1 Å². The molecular formula is C17H17BrN3O2-. The number of para-hydroxylation sites is 1. The minimum absolute atomic E-state index is 0. The molecule has 2 N–H and O–H groups in total. The number of amides is 1. The maximum absolute atomic E-state index is 12.2. The molecule has 0 bridgehead atoms. The Bertz CT molecular complexity index is 706. The summed E-state index contributed by atoms with van der Waals surface area (Å²) < 4.78 is 5.59. The number of carbonyl (C=O) groups excluding carboxylic acids is 1. The highest BCUT2D eigenvalue weighted by molar-refractivity contribution is 6.01. The Hall–Kier alpha value is -2.34. The van der Waals surface area contributed by atoms with Gasteiger partial charge in [-0.15, -0.1) is 0 Å². The van der Waals surface area contributed by atoms with Crippen LogP contribution in [0.15, 0.2) is 54.6 Å². The Balaban J connectivity index is 0.00000192. The lowest BCUT2D eigenvalue weighted by Gasteiger charge is -2.22. The molecule has 1 aliphatic rings. The van der Waals surface area contributed by atoms with Gasteiger partial charge < -0.3 is 21.7 Å². The Morgan fingerprint density at radius 1 is 1.17 bits per heavy atom.